The van der Waals surface area contributed by atoms with E-state index in [1.165, 1.54) is 16.9 Å². The molecule has 1 fully saturated rings. The highest BCUT2D eigenvalue weighted by molar-refractivity contribution is 7.20. The van der Waals surface area contributed by atoms with E-state index in [0.717, 1.165) is 36.6 Å². The second-order valence-corrected chi connectivity index (χ2v) is 8.62. The van der Waals surface area contributed by atoms with E-state index in [-0.39, 0.29) is 5.91 Å². The van der Waals surface area contributed by atoms with E-state index < -0.39 is 0 Å². The minimum absolute atomic E-state index is 0.168. The fourth-order valence-electron chi connectivity index (χ4n) is 3.34. The molecule has 1 aliphatic rings. The molecule has 8 heteroatoms. The van der Waals surface area contributed by atoms with Crippen LogP contribution in [0, 0.1) is 5.92 Å². The van der Waals surface area contributed by atoms with Gasteiger partial charge >= 0.3 is 0 Å². The molecule has 0 bridgehead atoms. The largest absolute Gasteiger partial charge is 0.431 e. The lowest BCUT2D eigenvalue weighted by Crippen LogP contribution is -2.52. The van der Waals surface area contributed by atoms with Crippen molar-refractivity contribution in [1.29, 1.82) is 0 Å². The summed E-state index contributed by atoms with van der Waals surface area (Å²) in [6.07, 6.45) is 1.58. The molecule has 0 radical (unpaired) electrons. The normalized spacial score (nSPS) is 14.5. The van der Waals surface area contributed by atoms with E-state index in [9.17, 15) is 4.79 Å². The van der Waals surface area contributed by atoms with Crippen molar-refractivity contribution in [3.05, 3.63) is 47.1 Å². The van der Waals surface area contributed by atoms with Gasteiger partial charge < -0.3 is 14.5 Å². The number of carbonyl (C=O) groups is 1. The maximum absolute atomic E-state index is 11.3. The minimum Gasteiger partial charge on any atom is -0.431 e. The number of likely N-dealkylation sites (tertiary alicyclic amines) is 1. The minimum atomic E-state index is 0.168. The summed E-state index contributed by atoms with van der Waals surface area (Å²) in [6, 6.07) is 9.88. The van der Waals surface area contributed by atoms with E-state index >= 15 is 0 Å². The van der Waals surface area contributed by atoms with Gasteiger partial charge in [-0.1, -0.05) is 35.1 Å². The molecule has 146 valence electrons. The molecule has 1 amide bonds. The van der Waals surface area contributed by atoms with Crippen LogP contribution in [0.2, 0.25) is 5.02 Å². The van der Waals surface area contributed by atoms with Crippen LogP contribution in [0.15, 0.2) is 36.5 Å². The first-order valence-electron chi connectivity index (χ1n) is 9.09. The zero-order chi connectivity index (χ0) is 19.7. The lowest BCUT2D eigenvalue weighted by atomic mass is 9.99. The predicted molar refractivity (Wildman–Crippen MR) is 111 cm³/mol. The Morgan fingerprint density at radius 2 is 2.11 bits per heavy atom. The number of halogens is 1. The van der Waals surface area contributed by atoms with Crippen LogP contribution >= 0.6 is 22.9 Å². The summed E-state index contributed by atoms with van der Waals surface area (Å²) in [7, 11) is 2.11. The summed E-state index contributed by atoms with van der Waals surface area (Å²) in [4.78, 5) is 24.0. The molecule has 0 saturated carbocycles. The molecule has 0 N–H and O–H groups in total. The summed E-state index contributed by atoms with van der Waals surface area (Å²) in [5.74, 6) is 1.48. The van der Waals surface area contributed by atoms with E-state index in [0.29, 0.717) is 21.8 Å². The monoisotopic (exact) mass is 416 g/mol. The van der Waals surface area contributed by atoms with Crippen molar-refractivity contribution < 1.29 is 9.53 Å². The SMILES string of the molecule is CC(=O)N1CC(CN(C)Cc2ccc(Oc3nc4ncc(Cl)cc4s3)cc2)C1. The van der Waals surface area contributed by atoms with Crippen LogP contribution in [0.25, 0.3) is 10.3 Å². The fourth-order valence-corrected chi connectivity index (χ4v) is 4.40. The molecule has 1 aromatic carbocycles. The number of thiazole rings is 1. The number of rotatable bonds is 6. The number of pyridine rings is 1. The Labute approximate surface area is 172 Å². The number of fused-ring (bicyclic) bond motifs is 1. The number of benzene rings is 1. The molecule has 4 rings (SSSR count). The molecule has 0 spiro atoms. The standard InChI is InChI=1S/C20H21ClN4O2S/c1-13(26)25-11-15(12-25)10-24(2)9-14-3-5-17(6-4-14)27-20-23-19-18(28-20)7-16(21)8-22-19/h3-8,15H,9-12H2,1-2H3. The maximum atomic E-state index is 11.3. The quantitative estimate of drug-likeness (QED) is 0.606. The highest BCUT2D eigenvalue weighted by atomic mass is 35.5. The van der Waals surface area contributed by atoms with Gasteiger partial charge in [0, 0.05) is 45.2 Å². The first-order valence-corrected chi connectivity index (χ1v) is 10.3. The average molecular weight is 417 g/mol. The number of carbonyl (C=O) groups excluding carboxylic acids is 1. The Hall–Kier alpha value is -2.22. The molecule has 6 nitrogen and oxygen atoms in total. The van der Waals surface area contributed by atoms with Gasteiger partial charge in [0.1, 0.15) is 5.75 Å². The number of hydrogen-bond acceptors (Lipinski definition) is 6. The van der Waals surface area contributed by atoms with Crippen LogP contribution < -0.4 is 4.74 Å². The summed E-state index contributed by atoms with van der Waals surface area (Å²) in [6.45, 7) is 5.22. The van der Waals surface area contributed by atoms with Crippen molar-refractivity contribution >= 4 is 39.2 Å². The van der Waals surface area contributed by atoms with Gasteiger partial charge in [0.05, 0.1) is 9.72 Å². The third-order valence-corrected chi connectivity index (χ3v) is 5.82. The molecule has 0 unspecified atom stereocenters. The topological polar surface area (TPSA) is 58.6 Å². The van der Waals surface area contributed by atoms with Crippen molar-refractivity contribution in [1.82, 2.24) is 19.8 Å². The molecule has 0 aliphatic carbocycles. The number of hydrogen-bond donors (Lipinski definition) is 0. The highest BCUT2D eigenvalue weighted by Crippen LogP contribution is 2.31. The molecular weight excluding hydrogens is 396 g/mol. The zero-order valence-electron chi connectivity index (χ0n) is 15.8. The van der Waals surface area contributed by atoms with Crippen LogP contribution in [-0.4, -0.2) is 52.4 Å². The molecule has 1 aliphatic heterocycles. The van der Waals surface area contributed by atoms with Crippen molar-refractivity contribution in [2.24, 2.45) is 5.92 Å². The van der Waals surface area contributed by atoms with Gasteiger partial charge in [-0.05, 0) is 30.8 Å². The first-order chi connectivity index (χ1) is 13.5. The van der Waals surface area contributed by atoms with Gasteiger partial charge in [-0.2, -0.15) is 4.98 Å². The first kappa shape index (κ1) is 19.1. The molecule has 3 heterocycles. The predicted octanol–water partition coefficient (Wildman–Crippen LogP) is 4.05. The summed E-state index contributed by atoms with van der Waals surface area (Å²) in [5.41, 5.74) is 1.86. The zero-order valence-corrected chi connectivity index (χ0v) is 17.3. The van der Waals surface area contributed by atoms with Crippen LogP contribution in [-0.2, 0) is 11.3 Å². The Morgan fingerprint density at radius 3 is 2.82 bits per heavy atom. The molecule has 3 aromatic rings. The fraction of sp³-hybridized carbons (Fsp3) is 0.350. The van der Waals surface area contributed by atoms with Gasteiger partial charge in [-0.15, -0.1) is 0 Å². The Bertz CT molecular complexity index is 986. The number of ether oxygens (including phenoxy) is 1. The van der Waals surface area contributed by atoms with E-state index in [1.807, 2.05) is 23.1 Å². The summed E-state index contributed by atoms with van der Waals surface area (Å²) in [5, 5.41) is 1.14. The van der Waals surface area contributed by atoms with Gasteiger partial charge in [0.25, 0.3) is 5.19 Å². The lowest BCUT2D eigenvalue weighted by molar-refractivity contribution is -0.135. The van der Waals surface area contributed by atoms with Gasteiger partial charge in [-0.25, -0.2) is 4.98 Å². The number of amides is 1. The van der Waals surface area contributed by atoms with Gasteiger partial charge in [0.15, 0.2) is 5.65 Å². The third-order valence-electron chi connectivity index (χ3n) is 4.75. The van der Waals surface area contributed by atoms with Crippen LogP contribution in [0.4, 0.5) is 0 Å². The van der Waals surface area contributed by atoms with Crippen LogP contribution in [0.5, 0.6) is 10.9 Å². The number of aromatic nitrogens is 2. The molecule has 1 saturated heterocycles. The smallest absolute Gasteiger partial charge is 0.281 e. The second-order valence-electron chi connectivity index (χ2n) is 7.19. The third kappa shape index (κ3) is 4.43. The molecular formula is C20H21ClN4O2S. The molecule has 0 atom stereocenters. The van der Waals surface area contributed by atoms with Crippen molar-refractivity contribution in [3.8, 4) is 10.9 Å². The number of nitrogens with zero attached hydrogens (tertiary/aromatic N) is 4. The van der Waals surface area contributed by atoms with Crippen molar-refractivity contribution in [2.75, 3.05) is 26.7 Å². The Morgan fingerprint density at radius 1 is 1.36 bits per heavy atom. The highest BCUT2D eigenvalue weighted by Gasteiger charge is 2.29. The summed E-state index contributed by atoms with van der Waals surface area (Å²) < 4.78 is 6.76. The molecule has 2 aromatic heterocycles. The van der Waals surface area contributed by atoms with E-state index in [4.69, 9.17) is 16.3 Å². The van der Waals surface area contributed by atoms with Crippen LogP contribution in [0.3, 0.4) is 0 Å². The van der Waals surface area contributed by atoms with Crippen LogP contribution in [0.1, 0.15) is 12.5 Å². The van der Waals surface area contributed by atoms with E-state index in [2.05, 4.69) is 34.0 Å². The van der Waals surface area contributed by atoms with Crippen molar-refractivity contribution in [2.45, 2.75) is 13.5 Å². The summed E-state index contributed by atoms with van der Waals surface area (Å²) >= 11 is 7.39. The lowest BCUT2D eigenvalue weighted by Gasteiger charge is -2.40. The maximum Gasteiger partial charge on any atom is 0.281 e. The van der Waals surface area contributed by atoms with Gasteiger partial charge in [-0.3, -0.25) is 4.79 Å². The van der Waals surface area contributed by atoms with Crippen molar-refractivity contribution in [3.63, 3.8) is 0 Å². The molecule has 28 heavy (non-hydrogen) atoms. The average Bonchev–Trinajstić information content (AvgIpc) is 3.00. The van der Waals surface area contributed by atoms with E-state index in [1.54, 1.807) is 13.1 Å². The second kappa shape index (κ2) is 8.03. The Kier molecular flexibility index (Phi) is 5.48. The van der Waals surface area contributed by atoms with Gasteiger partial charge in [0.2, 0.25) is 5.91 Å². The Balaban J connectivity index is 1.31.